The third-order valence-corrected chi connectivity index (χ3v) is 8.56. The minimum absolute atomic E-state index is 0.112. The van der Waals surface area contributed by atoms with Crippen molar-refractivity contribution in [2.24, 2.45) is 0 Å². The zero-order chi connectivity index (χ0) is 33.9. The molecular formula is C34H29ClF4N4O4. The van der Waals surface area contributed by atoms with E-state index in [1.165, 1.54) is 44.0 Å². The van der Waals surface area contributed by atoms with E-state index in [4.69, 9.17) is 16.3 Å². The molecule has 1 aliphatic carbocycles. The molecule has 0 unspecified atom stereocenters. The van der Waals surface area contributed by atoms with E-state index in [0.717, 1.165) is 18.2 Å². The van der Waals surface area contributed by atoms with E-state index in [9.17, 15) is 23.8 Å². The Hall–Kier alpha value is -4.52. The van der Waals surface area contributed by atoms with Gasteiger partial charge >= 0.3 is 0 Å². The number of ether oxygens (including phenoxy) is 1. The average Bonchev–Trinajstić information content (AvgIpc) is 3.64. The molecular weight excluding hydrogens is 640 g/mol. The molecule has 244 valence electrons. The molecule has 5 aromatic rings. The van der Waals surface area contributed by atoms with E-state index in [0.29, 0.717) is 23.7 Å². The van der Waals surface area contributed by atoms with Crippen LogP contribution in [0.1, 0.15) is 53.9 Å². The van der Waals surface area contributed by atoms with Crippen LogP contribution in [-0.4, -0.2) is 44.5 Å². The third-order valence-electron chi connectivity index (χ3n) is 8.22. The lowest BCUT2D eigenvalue weighted by molar-refractivity contribution is 0.0625. The van der Waals surface area contributed by atoms with Gasteiger partial charge in [-0.25, -0.2) is 27.2 Å². The molecule has 47 heavy (non-hydrogen) atoms. The smallest absolute Gasteiger partial charge is 0.251 e. The lowest BCUT2D eigenvalue weighted by Gasteiger charge is -2.31. The Bertz CT molecular complexity index is 2030. The number of aliphatic hydroxyl groups is 2. The average molecular weight is 669 g/mol. The maximum Gasteiger partial charge on any atom is 0.251 e. The van der Waals surface area contributed by atoms with E-state index in [2.05, 4.69) is 15.4 Å². The Kier molecular flexibility index (Phi) is 8.02. The van der Waals surface area contributed by atoms with Crippen LogP contribution in [0.2, 0.25) is 5.02 Å². The van der Waals surface area contributed by atoms with Crippen LogP contribution in [0.5, 0.6) is 5.75 Å². The maximum absolute atomic E-state index is 15.9. The first-order valence-electron chi connectivity index (χ1n) is 14.6. The van der Waals surface area contributed by atoms with E-state index >= 15 is 8.78 Å². The fourth-order valence-corrected chi connectivity index (χ4v) is 5.53. The van der Waals surface area contributed by atoms with Gasteiger partial charge in [-0.3, -0.25) is 4.79 Å². The number of hydrogen-bond donors (Lipinski definition) is 3. The molecule has 1 amide bonds. The number of rotatable bonds is 9. The highest BCUT2D eigenvalue weighted by atomic mass is 35.5. The number of methoxy groups -OCH3 is 1. The number of aromatic nitrogens is 3. The molecule has 0 bridgehead atoms. The number of nitrogens with zero attached hydrogens (tertiary/aromatic N) is 3. The van der Waals surface area contributed by atoms with Crippen molar-refractivity contribution >= 4 is 28.4 Å². The molecule has 6 rings (SSSR count). The summed E-state index contributed by atoms with van der Waals surface area (Å²) in [4.78, 5) is 17.8. The number of benzene rings is 3. The van der Waals surface area contributed by atoms with Gasteiger partial charge in [-0.2, -0.15) is 5.10 Å². The number of carbonyl (C=O) groups excluding carboxylic acids is 1. The van der Waals surface area contributed by atoms with Crippen LogP contribution < -0.4 is 10.1 Å². The number of alkyl halides is 1. The standard InChI is InChI=1S/C34H29ClF4N4O4/c1-32(2,45)22-15-25(41-30(28(22)38)21-9-10-23(36)26(35)27(21)37)34(46,20-7-5-4-6-8-20)17-40-31(44)18-13-19-16-43(33(39)11-12-33)42-29(19)24(14-18)47-3/h4-10,13-16,45-46H,11-12,17H2,1-3H3,(H,40,44)/t34-/m1/s1. The Morgan fingerprint density at radius 1 is 1.06 bits per heavy atom. The number of amides is 1. The summed E-state index contributed by atoms with van der Waals surface area (Å²) >= 11 is 5.79. The Morgan fingerprint density at radius 3 is 2.40 bits per heavy atom. The van der Waals surface area contributed by atoms with Crippen molar-refractivity contribution in [1.29, 1.82) is 0 Å². The molecule has 2 heterocycles. The first-order valence-corrected chi connectivity index (χ1v) is 14.9. The number of fused-ring (bicyclic) bond motifs is 1. The SMILES string of the molecule is COc1cc(C(=O)NC[C@@](O)(c2ccccc2)c2cc(C(C)(C)O)c(F)c(-c3ccc(F)c(Cl)c3F)n2)cc2cn(C3(F)CC3)nc12. The van der Waals surface area contributed by atoms with Gasteiger partial charge in [-0.15, -0.1) is 0 Å². The van der Waals surface area contributed by atoms with Crippen molar-refractivity contribution in [3.8, 4) is 17.0 Å². The second-order valence-electron chi connectivity index (χ2n) is 12.0. The fourth-order valence-electron chi connectivity index (χ4n) is 5.37. The summed E-state index contributed by atoms with van der Waals surface area (Å²) in [5.41, 5.74) is -5.10. The summed E-state index contributed by atoms with van der Waals surface area (Å²) in [6.07, 6.45) is 2.14. The van der Waals surface area contributed by atoms with Crippen LogP contribution in [0.4, 0.5) is 17.6 Å². The van der Waals surface area contributed by atoms with E-state index < -0.39 is 63.2 Å². The van der Waals surface area contributed by atoms with Gasteiger partial charge in [0.2, 0.25) is 5.79 Å². The van der Waals surface area contributed by atoms with Crippen molar-refractivity contribution in [2.45, 2.75) is 43.7 Å². The first-order chi connectivity index (χ1) is 22.2. The lowest BCUT2D eigenvalue weighted by Crippen LogP contribution is -2.42. The number of pyridine rings is 1. The quantitative estimate of drug-likeness (QED) is 0.122. The van der Waals surface area contributed by atoms with E-state index in [1.54, 1.807) is 30.3 Å². The van der Waals surface area contributed by atoms with Gasteiger partial charge in [0.25, 0.3) is 5.91 Å². The molecule has 3 N–H and O–H groups in total. The van der Waals surface area contributed by atoms with E-state index in [-0.39, 0.29) is 28.1 Å². The minimum atomic E-state index is -2.18. The topological polar surface area (TPSA) is 110 Å². The van der Waals surface area contributed by atoms with Gasteiger partial charge in [0, 0.05) is 41.1 Å². The molecule has 1 saturated carbocycles. The molecule has 1 aliphatic rings. The minimum Gasteiger partial charge on any atom is -0.494 e. The van der Waals surface area contributed by atoms with Crippen LogP contribution in [-0.2, 0) is 17.0 Å². The summed E-state index contributed by atoms with van der Waals surface area (Å²) in [6.45, 7) is 2.05. The number of carbonyl (C=O) groups is 1. The highest BCUT2D eigenvalue weighted by molar-refractivity contribution is 6.31. The van der Waals surface area contributed by atoms with Gasteiger partial charge < -0.3 is 20.3 Å². The van der Waals surface area contributed by atoms with Gasteiger partial charge in [0.05, 0.1) is 24.9 Å². The summed E-state index contributed by atoms with van der Waals surface area (Å²) in [6, 6.07) is 13.9. The van der Waals surface area contributed by atoms with Crippen molar-refractivity contribution in [1.82, 2.24) is 20.1 Å². The maximum atomic E-state index is 15.9. The van der Waals surface area contributed by atoms with Crippen molar-refractivity contribution in [2.75, 3.05) is 13.7 Å². The molecule has 0 aliphatic heterocycles. The van der Waals surface area contributed by atoms with Crippen LogP contribution >= 0.6 is 11.6 Å². The highest BCUT2D eigenvalue weighted by Crippen LogP contribution is 2.45. The number of nitrogens with one attached hydrogen (secondary N) is 1. The predicted octanol–water partition coefficient (Wildman–Crippen LogP) is 6.49. The molecule has 0 spiro atoms. The molecule has 8 nitrogen and oxygen atoms in total. The summed E-state index contributed by atoms with van der Waals surface area (Å²) in [7, 11) is 1.39. The highest BCUT2D eigenvalue weighted by Gasteiger charge is 2.46. The van der Waals surface area contributed by atoms with Crippen LogP contribution in [0, 0.1) is 17.5 Å². The summed E-state index contributed by atoms with van der Waals surface area (Å²) in [5.74, 6) is -5.49. The second kappa shape index (κ2) is 11.6. The number of halogens is 5. The lowest BCUT2D eigenvalue weighted by atomic mass is 9.86. The van der Waals surface area contributed by atoms with E-state index in [1.807, 2.05) is 0 Å². The normalized spacial score (nSPS) is 15.4. The summed E-state index contributed by atoms with van der Waals surface area (Å²) < 4.78 is 66.5. The third kappa shape index (κ3) is 5.81. The monoisotopic (exact) mass is 668 g/mol. The van der Waals surface area contributed by atoms with Gasteiger partial charge in [0.1, 0.15) is 33.4 Å². The molecule has 1 atom stereocenters. The predicted molar refractivity (Wildman–Crippen MR) is 166 cm³/mol. The molecule has 2 aromatic heterocycles. The van der Waals surface area contributed by atoms with Crippen molar-refractivity contribution in [3.63, 3.8) is 0 Å². The van der Waals surface area contributed by atoms with Crippen LogP contribution in [0.3, 0.4) is 0 Å². The van der Waals surface area contributed by atoms with Crippen molar-refractivity contribution < 1.29 is 37.3 Å². The molecule has 0 saturated heterocycles. The zero-order valence-corrected chi connectivity index (χ0v) is 26.2. The fraction of sp³-hybridized carbons (Fsp3) is 0.265. The first kappa shape index (κ1) is 32.4. The van der Waals surface area contributed by atoms with Gasteiger partial charge in [0.15, 0.2) is 11.6 Å². The second-order valence-corrected chi connectivity index (χ2v) is 12.4. The van der Waals surface area contributed by atoms with Gasteiger partial charge in [-0.1, -0.05) is 41.9 Å². The van der Waals surface area contributed by atoms with Crippen molar-refractivity contribution in [3.05, 3.63) is 112 Å². The molecule has 1 fully saturated rings. The Labute approximate surface area is 271 Å². The molecule has 0 radical (unpaired) electrons. The molecule has 3 aromatic carbocycles. The zero-order valence-electron chi connectivity index (χ0n) is 25.4. The Balaban J connectivity index is 1.44. The number of hydrogen-bond acceptors (Lipinski definition) is 6. The van der Waals surface area contributed by atoms with Gasteiger partial charge in [-0.05, 0) is 49.7 Å². The van der Waals surface area contributed by atoms with Crippen LogP contribution in [0.25, 0.3) is 22.2 Å². The largest absolute Gasteiger partial charge is 0.494 e. The Morgan fingerprint density at radius 2 is 1.77 bits per heavy atom. The summed E-state index contributed by atoms with van der Waals surface area (Å²) in [5, 5.41) is 29.7. The molecule has 13 heteroatoms. The van der Waals surface area contributed by atoms with Crippen LogP contribution in [0.15, 0.2) is 66.9 Å².